The van der Waals surface area contributed by atoms with Crippen LogP contribution in [0.2, 0.25) is 0 Å². The molecule has 0 fully saturated rings. The second-order valence-electron chi connectivity index (χ2n) is 2.27. The Morgan fingerprint density at radius 3 is 3.10 bits per heavy atom. The molecule has 0 atom stereocenters. The van der Waals surface area contributed by atoms with Crippen LogP contribution in [0, 0.1) is 0 Å². The van der Waals surface area contributed by atoms with E-state index in [-0.39, 0.29) is 0 Å². The minimum atomic E-state index is 0.682. The highest BCUT2D eigenvalue weighted by Crippen LogP contribution is 2.07. The number of hydrogen-bond donors (Lipinski definition) is 1. The topological polar surface area (TPSA) is 12.0 Å². The van der Waals surface area contributed by atoms with Gasteiger partial charge in [0.15, 0.2) is 0 Å². The fourth-order valence-electron chi connectivity index (χ4n) is 0.958. The van der Waals surface area contributed by atoms with Crippen molar-refractivity contribution >= 4 is 11.6 Å². The Morgan fingerprint density at radius 1 is 1.60 bits per heavy atom. The quantitative estimate of drug-likeness (QED) is 0.619. The molecule has 0 saturated heterocycles. The van der Waals surface area contributed by atoms with E-state index in [0.717, 1.165) is 19.4 Å². The standard InChI is InChI=1S/C8H12ClN/c9-6-7-10-8-4-2-1-3-5-8/h1-2,4,10H,3,5-7H2. The average Bonchev–Trinajstić information content (AvgIpc) is 2.03. The van der Waals surface area contributed by atoms with Crippen molar-refractivity contribution < 1.29 is 0 Å². The molecule has 10 heavy (non-hydrogen) atoms. The summed E-state index contributed by atoms with van der Waals surface area (Å²) in [7, 11) is 0. The molecule has 0 spiro atoms. The molecule has 0 heterocycles. The fourth-order valence-corrected chi connectivity index (χ4v) is 1.05. The molecule has 0 aromatic heterocycles. The molecule has 0 aromatic carbocycles. The highest BCUT2D eigenvalue weighted by molar-refractivity contribution is 6.18. The Hall–Kier alpha value is -0.430. The van der Waals surface area contributed by atoms with Crippen molar-refractivity contribution in [1.29, 1.82) is 0 Å². The van der Waals surface area contributed by atoms with Crippen LogP contribution in [0.15, 0.2) is 23.9 Å². The van der Waals surface area contributed by atoms with E-state index >= 15 is 0 Å². The van der Waals surface area contributed by atoms with Gasteiger partial charge in [-0.25, -0.2) is 0 Å². The fraction of sp³-hybridized carbons (Fsp3) is 0.500. The van der Waals surface area contributed by atoms with Crippen molar-refractivity contribution in [2.45, 2.75) is 12.8 Å². The molecule has 1 rings (SSSR count). The first kappa shape index (κ1) is 7.67. The average molecular weight is 158 g/mol. The summed E-state index contributed by atoms with van der Waals surface area (Å²) in [4.78, 5) is 0. The Morgan fingerprint density at radius 2 is 2.50 bits per heavy atom. The van der Waals surface area contributed by atoms with Crippen molar-refractivity contribution in [3.63, 3.8) is 0 Å². The van der Waals surface area contributed by atoms with E-state index in [1.54, 1.807) is 0 Å². The van der Waals surface area contributed by atoms with E-state index in [9.17, 15) is 0 Å². The third-order valence-electron chi connectivity index (χ3n) is 1.46. The van der Waals surface area contributed by atoms with Gasteiger partial charge in [-0.2, -0.15) is 0 Å². The normalized spacial score (nSPS) is 16.7. The lowest BCUT2D eigenvalue weighted by Gasteiger charge is -2.09. The number of nitrogens with one attached hydrogen (secondary N) is 1. The highest BCUT2D eigenvalue weighted by Gasteiger charge is 1.96. The highest BCUT2D eigenvalue weighted by atomic mass is 35.5. The van der Waals surface area contributed by atoms with Gasteiger partial charge in [0.25, 0.3) is 0 Å². The van der Waals surface area contributed by atoms with E-state index in [1.165, 1.54) is 5.70 Å². The number of alkyl halides is 1. The van der Waals surface area contributed by atoms with Crippen LogP contribution in [0.3, 0.4) is 0 Å². The SMILES string of the molecule is ClCCNC1=CC=CCC1. The van der Waals surface area contributed by atoms with Gasteiger partial charge in [0.2, 0.25) is 0 Å². The number of rotatable bonds is 3. The van der Waals surface area contributed by atoms with Crippen LogP contribution in [0.5, 0.6) is 0 Å². The van der Waals surface area contributed by atoms with Crippen LogP contribution in [0.4, 0.5) is 0 Å². The van der Waals surface area contributed by atoms with Crippen molar-refractivity contribution in [1.82, 2.24) is 5.32 Å². The van der Waals surface area contributed by atoms with E-state index in [1.807, 2.05) is 0 Å². The zero-order valence-electron chi connectivity index (χ0n) is 5.94. The third-order valence-corrected chi connectivity index (χ3v) is 1.65. The maximum atomic E-state index is 5.51. The second kappa shape index (κ2) is 4.40. The summed E-state index contributed by atoms with van der Waals surface area (Å²) in [5.41, 5.74) is 1.31. The summed E-state index contributed by atoms with van der Waals surface area (Å²) < 4.78 is 0. The minimum Gasteiger partial charge on any atom is -0.387 e. The van der Waals surface area contributed by atoms with Gasteiger partial charge in [0, 0.05) is 18.1 Å². The Kier molecular flexibility index (Phi) is 3.37. The molecule has 1 aliphatic carbocycles. The van der Waals surface area contributed by atoms with Crippen LogP contribution >= 0.6 is 11.6 Å². The molecule has 0 radical (unpaired) electrons. The molecule has 1 nitrogen and oxygen atoms in total. The first-order valence-corrected chi connectivity index (χ1v) is 4.12. The van der Waals surface area contributed by atoms with E-state index in [2.05, 4.69) is 23.5 Å². The van der Waals surface area contributed by atoms with Gasteiger partial charge in [-0.3, -0.25) is 0 Å². The van der Waals surface area contributed by atoms with Gasteiger partial charge >= 0.3 is 0 Å². The molecule has 0 amide bonds. The van der Waals surface area contributed by atoms with Crippen LogP contribution < -0.4 is 5.32 Å². The monoisotopic (exact) mass is 157 g/mol. The molecule has 1 aliphatic rings. The molecule has 56 valence electrons. The Balaban J connectivity index is 2.25. The molecule has 1 N–H and O–H groups in total. The maximum absolute atomic E-state index is 5.51. The van der Waals surface area contributed by atoms with Gasteiger partial charge in [-0.15, -0.1) is 11.6 Å². The first-order valence-electron chi connectivity index (χ1n) is 3.59. The zero-order chi connectivity index (χ0) is 7.23. The molecule has 0 aliphatic heterocycles. The lowest BCUT2D eigenvalue weighted by atomic mass is 10.1. The van der Waals surface area contributed by atoms with Gasteiger partial charge in [-0.05, 0) is 18.9 Å². The zero-order valence-corrected chi connectivity index (χ0v) is 6.69. The van der Waals surface area contributed by atoms with Gasteiger partial charge in [0.1, 0.15) is 0 Å². The molecule has 2 heteroatoms. The van der Waals surface area contributed by atoms with Gasteiger partial charge < -0.3 is 5.32 Å². The Labute approximate surface area is 66.8 Å². The lowest BCUT2D eigenvalue weighted by Crippen LogP contribution is -2.16. The van der Waals surface area contributed by atoms with E-state index in [4.69, 9.17) is 11.6 Å². The second-order valence-corrected chi connectivity index (χ2v) is 2.65. The molecular formula is C8H12ClN. The minimum absolute atomic E-state index is 0.682. The van der Waals surface area contributed by atoms with Crippen LogP contribution in [0.1, 0.15) is 12.8 Å². The summed E-state index contributed by atoms with van der Waals surface area (Å²) in [5.74, 6) is 0.682. The summed E-state index contributed by atoms with van der Waals surface area (Å²) >= 11 is 5.51. The maximum Gasteiger partial charge on any atom is 0.0396 e. The largest absolute Gasteiger partial charge is 0.387 e. The van der Waals surface area contributed by atoms with E-state index in [0.29, 0.717) is 5.88 Å². The number of allylic oxidation sites excluding steroid dienone is 4. The van der Waals surface area contributed by atoms with E-state index < -0.39 is 0 Å². The summed E-state index contributed by atoms with van der Waals surface area (Å²) in [5, 5.41) is 3.25. The molecule has 0 aromatic rings. The predicted octanol–water partition coefficient (Wildman–Crippen LogP) is 2.05. The van der Waals surface area contributed by atoms with Gasteiger partial charge in [-0.1, -0.05) is 12.2 Å². The molecular weight excluding hydrogens is 146 g/mol. The molecule has 0 saturated carbocycles. The summed E-state index contributed by atoms with van der Waals surface area (Å²) in [6.45, 7) is 0.876. The van der Waals surface area contributed by atoms with Crippen molar-refractivity contribution in [3.8, 4) is 0 Å². The number of hydrogen-bond acceptors (Lipinski definition) is 1. The summed E-state index contributed by atoms with van der Waals surface area (Å²) in [6.07, 6.45) is 8.65. The third kappa shape index (κ3) is 2.44. The van der Waals surface area contributed by atoms with Crippen LogP contribution in [-0.2, 0) is 0 Å². The van der Waals surface area contributed by atoms with Crippen LogP contribution in [0.25, 0.3) is 0 Å². The molecule has 0 unspecified atom stereocenters. The molecule has 0 bridgehead atoms. The van der Waals surface area contributed by atoms with Crippen molar-refractivity contribution in [3.05, 3.63) is 23.9 Å². The predicted molar refractivity (Wildman–Crippen MR) is 45.2 cm³/mol. The number of halogens is 1. The summed E-state index contributed by atoms with van der Waals surface area (Å²) in [6, 6.07) is 0. The van der Waals surface area contributed by atoms with Crippen molar-refractivity contribution in [2.75, 3.05) is 12.4 Å². The lowest BCUT2D eigenvalue weighted by molar-refractivity contribution is 0.777. The van der Waals surface area contributed by atoms with Gasteiger partial charge in [0.05, 0.1) is 0 Å². The van der Waals surface area contributed by atoms with Crippen LogP contribution in [-0.4, -0.2) is 12.4 Å². The Bertz CT molecular complexity index is 149. The smallest absolute Gasteiger partial charge is 0.0396 e. The van der Waals surface area contributed by atoms with Crippen molar-refractivity contribution in [2.24, 2.45) is 0 Å². The first-order chi connectivity index (χ1) is 4.93.